The second-order valence-electron chi connectivity index (χ2n) is 17.8. The molecule has 0 spiro atoms. The number of fused-ring (bicyclic) bond motifs is 2. The summed E-state index contributed by atoms with van der Waals surface area (Å²) in [7, 11) is -4.65. The van der Waals surface area contributed by atoms with Gasteiger partial charge in [-0.25, -0.2) is 19.0 Å². The molecular weight excluding hydrogens is 897 g/mol. The number of benzene rings is 1. The number of rotatable bonds is 31. The summed E-state index contributed by atoms with van der Waals surface area (Å²) in [6.07, 6.45) is 19.8. The lowest BCUT2D eigenvalue weighted by atomic mass is 9.96. The fourth-order valence-electron chi connectivity index (χ4n) is 8.37. The van der Waals surface area contributed by atoms with Crippen LogP contribution in [-0.2, 0) is 43.9 Å². The van der Waals surface area contributed by atoms with Crippen molar-refractivity contribution in [2.75, 3.05) is 32.2 Å². The molecule has 0 bridgehead atoms. The number of nitrogens with zero attached hydrogens (tertiary/aromatic N) is 6. The number of anilines is 1. The summed E-state index contributed by atoms with van der Waals surface area (Å²) in [5.74, 6) is -0.831. The highest BCUT2D eigenvalue weighted by Gasteiger charge is 2.65. The van der Waals surface area contributed by atoms with E-state index < -0.39 is 50.2 Å². The quantitative estimate of drug-likeness (QED) is 0.0367. The molecule has 5 heterocycles. The third kappa shape index (κ3) is 15.1. The Morgan fingerprint density at radius 2 is 1.54 bits per heavy atom. The Morgan fingerprint density at radius 1 is 0.851 bits per heavy atom. The van der Waals surface area contributed by atoms with Crippen LogP contribution in [0, 0.1) is 22.7 Å². The molecular formula is C49H67ClN7O9P. The van der Waals surface area contributed by atoms with E-state index in [4.69, 9.17) is 54.6 Å². The zero-order valence-corrected chi connectivity index (χ0v) is 40.8. The first-order valence-electron chi connectivity index (χ1n) is 23.9. The molecule has 4 aromatic rings. The van der Waals surface area contributed by atoms with E-state index in [9.17, 15) is 15.1 Å². The molecule has 1 aromatic carbocycles. The third-order valence-electron chi connectivity index (χ3n) is 12.0. The average Bonchev–Trinajstić information content (AvgIpc) is 3.99. The monoisotopic (exact) mass is 963 g/mol. The maximum Gasteiger partial charge on any atom is 0.530 e. The molecule has 2 aliphatic heterocycles. The minimum absolute atomic E-state index is 0.0287. The number of hydrogen-bond donors (Lipinski definition) is 1. The number of aromatic nitrogens is 4. The number of nitrogens with two attached hydrogens (primary N) is 1. The molecule has 6 rings (SSSR count). The predicted octanol–water partition coefficient (Wildman–Crippen LogP) is 11.2. The molecule has 2 fully saturated rings. The Morgan fingerprint density at radius 3 is 2.18 bits per heavy atom. The lowest BCUT2D eigenvalue weighted by molar-refractivity contribution is -0.204. The molecule has 3 aromatic heterocycles. The Balaban J connectivity index is 1.06. The van der Waals surface area contributed by atoms with Crippen LogP contribution < -0.4 is 10.3 Å². The number of hydrogen-bond acceptors (Lipinski definition) is 15. The van der Waals surface area contributed by atoms with E-state index in [1.165, 1.54) is 95.9 Å². The molecule has 0 radical (unpaired) electrons. The summed E-state index contributed by atoms with van der Waals surface area (Å²) < 4.78 is 65.9. The van der Waals surface area contributed by atoms with Gasteiger partial charge in [0.1, 0.15) is 66.4 Å². The molecule has 364 valence electrons. The highest BCUT2D eigenvalue weighted by Crippen LogP contribution is 2.55. The van der Waals surface area contributed by atoms with Crippen molar-refractivity contribution in [3.63, 3.8) is 0 Å². The van der Waals surface area contributed by atoms with Crippen LogP contribution >= 0.6 is 19.4 Å². The minimum Gasteiger partial charge on any atom is -0.402 e. The normalized spacial score (nSPS) is 21.1. The van der Waals surface area contributed by atoms with Gasteiger partial charge in [0.05, 0.1) is 30.5 Å². The first-order chi connectivity index (χ1) is 32.5. The van der Waals surface area contributed by atoms with Gasteiger partial charge >= 0.3 is 7.82 Å². The Labute approximate surface area is 400 Å². The van der Waals surface area contributed by atoms with Crippen molar-refractivity contribution in [3.8, 4) is 17.9 Å². The Kier molecular flexibility index (Phi) is 20.2. The SMILES string of the molecule is CCCCCCCCCCCCCCCCCCOC[C@H](COP(=O)(OC[C@@]1(C#N)O[C@@H](c2ccc3c(N)ncnn23)[C@@H]2OC(C)(C)O[C@@H]21)Oc1ccccc1Cl)OCc1ccc(C#N)nc1. The maximum absolute atomic E-state index is 14.8. The smallest absolute Gasteiger partial charge is 0.402 e. The van der Waals surface area contributed by atoms with Crippen LogP contribution in [0.3, 0.4) is 0 Å². The molecule has 2 saturated heterocycles. The van der Waals surface area contributed by atoms with Crippen molar-refractivity contribution >= 4 is 30.8 Å². The minimum atomic E-state index is -4.65. The second kappa shape index (κ2) is 26.0. The molecule has 2 aliphatic rings. The molecule has 0 aliphatic carbocycles. The van der Waals surface area contributed by atoms with Crippen molar-refractivity contribution in [1.29, 1.82) is 10.5 Å². The standard InChI is InChI=1S/C49H67ClN7O9P/c1-4-5-6-7-8-9-10-11-12-13-14-15-16-17-18-21-28-59-32-39(60-31-37-24-25-38(29-51)54-30-37)33-61-67(58,66-43-23-20-19-22-40(43)50)62-35-49(34-52)46-45(63-48(2,3)65-46)44(64-49)41-26-27-42-47(53)55-36-56-57(41)42/h19-20,22-27,30,36,39,44-46H,4-18,21,28,31-33,35H2,1-3H3,(H2,53,55,56)/t39-,44+,45+,46+,49-,67?/m1/s1. The number of para-hydroxylation sites is 1. The van der Waals surface area contributed by atoms with Crippen LogP contribution in [0.25, 0.3) is 5.52 Å². The van der Waals surface area contributed by atoms with Crippen molar-refractivity contribution in [3.05, 3.63) is 83.0 Å². The highest BCUT2D eigenvalue weighted by atomic mass is 35.5. The van der Waals surface area contributed by atoms with Gasteiger partial charge < -0.3 is 33.9 Å². The summed E-state index contributed by atoms with van der Waals surface area (Å²) >= 11 is 6.48. The van der Waals surface area contributed by atoms with Gasteiger partial charge in [0, 0.05) is 12.8 Å². The zero-order chi connectivity index (χ0) is 47.5. The Bertz CT molecular complexity index is 2270. The van der Waals surface area contributed by atoms with E-state index in [0.717, 1.165) is 19.3 Å². The van der Waals surface area contributed by atoms with E-state index in [2.05, 4.69) is 28.1 Å². The number of halogens is 1. The van der Waals surface area contributed by atoms with Crippen molar-refractivity contribution < 1.29 is 41.8 Å². The first-order valence-corrected chi connectivity index (χ1v) is 25.7. The van der Waals surface area contributed by atoms with Crippen LogP contribution in [0.4, 0.5) is 5.82 Å². The van der Waals surface area contributed by atoms with E-state index in [1.807, 2.05) is 6.07 Å². The van der Waals surface area contributed by atoms with E-state index >= 15 is 0 Å². The number of pyridine rings is 1. The van der Waals surface area contributed by atoms with E-state index in [-0.39, 0.29) is 42.1 Å². The third-order valence-corrected chi connectivity index (χ3v) is 13.6. The van der Waals surface area contributed by atoms with Crippen LogP contribution in [0.1, 0.15) is 147 Å². The number of phosphoric acid groups is 1. The lowest BCUT2D eigenvalue weighted by Gasteiger charge is -2.30. The molecule has 0 amide bonds. The summed E-state index contributed by atoms with van der Waals surface area (Å²) in [6.45, 7) is 5.50. The van der Waals surface area contributed by atoms with E-state index in [1.54, 1.807) is 67.0 Å². The molecule has 67 heavy (non-hydrogen) atoms. The van der Waals surface area contributed by atoms with Gasteiger partial charge in [0.2, 0.25) is 5.60 Å². The van der Waals surface area contributed by atoms with Gasteiger partial charge in [-0.1, -0.05) is 133 Å². The summed E-state index contributed by atoms with van der Waals surface area (Å²) in [4.78, 5) is 8.22. The zero-order valence-electron chi connectivity index (χ0n) is 39.2. The lowest BCUT2D eigenvalue weighted by Crippen LogP contribution is -2.46. The molecule has 1 unspecified atom stereocenters. The molecule has 16 nitrogen and oxygen atoms in total. The number of nitriles is 2. The number of phosphoric ester groups is 1. The second-order valence-corrected chi connectivity index (χ2v) is 19.8. The van der Waals surface area contributed by atoms with Crippen molar-refractivity contribution in [2.24, 2.45) is 0 Å². The number of ether oxygens (including phenoxy) is 5. The highest BCUT2D eigenvalue weighted by molar-refractivity contribution is 7.49. The van der Waals surface area contributed by atoms with Crippen LogP contribution in [0.5, 0.6) is 5.75 Å². The first kappa shape index (κ1) is 52.2. The van der Waals surface area contributed by atoms with Crippen molar-refractivity contribution in [2.45, 2.75) is 166 Å². The van der Waals surface area contributed by atoms with Gasteiger partial charge in [-0.2, -0.15) is 15.6 Å². The summed E-state index contributed by atoms with van der Waals surface area (Å²) in [6, 6.07) is 17.5. The summed E-state index contributed by atoms with van der Waals surface area (Å²) in [5, 5.41) is 24.6. The summed E-state index contributed by atoms with van der Waals surface area (Å²) in [5.41, 5.74) is 6.30. The molecule has 2 N–H and O–H groups in total. The van der Waals surface area contributed by atoms with Crippen LogP contribution in [0.15, 0.2) is 61.1 Å². The van der Waals surface area contributed by atoms with Gasteiger partial charge in [0.25, 0.3) is 0 Å². The predicted molar refractivity (Wildman–Crippen MR) is 253 cm³/mol. The van der Waals surface area contributed by atoms with Crippen molar-refractivity contribution in [1.82, 2.24) is 19.6 Å². The fourth-order valence-corrected chi connectivity index (χ4v) is 9.87. The fraction of sp³-hybridized carbons (Fsp3) is 0.612. The molecule has 18 heteroatoms. The van der Waals surface area contributed by atoms with Gasteiger partial charge in [-0.15, -0.1) is 0 Å². The largest absolute Gasteiger partial charge is 0.530 e. The number of nitrogen functional groups attached to an aromatic ring is 1. The average molecular weight is 965 g/mol. The topological polar surface area (TPSA) is 208 Å². The molecule has 0 saturated carbocycles. The van der Waals surface area contributed by atoms with Crippen LogP contribution in [-0.4, -0.2) is 75.7 Å². The van der Waals surface area contributed by atoms with Crippen LogP contribution in [0.2, 0.25) is 5.02 Å². The Hall–Kier alpha value is -4.19. The molecule has 6 atom stereocenters. The van der Waals surface area contributed by atoms with Gasteiger partial charge in [0.15, 0.2) is 11.6 Å². The maximum atomic E-state index is 14.8. The van der Waals surface area contributed by atoms with Gasteiger partial charge in [-0.05, 0) is 56.2 Å². The van der Waals surface area contributed by atoms with Gasteiger partial charge in [-0.3, -0.25) is 9.05 Å². The number of unbranched alkanes of at least 4 members (excludes halogenated alkanes) is 15. The van der Waals surface area contributed by atoms with E-state index in [0.29, 0.717) is 23.4 Å².